The molecule has 2 aromatic carbocycles. The Hall–Kier alpha value is -3.06. The summed E-state index contributed by atoms with van der Waals surface area (Å²) in [7, 11) is 0. The molecule has 0 unspecified atom stereocenters. The average Bonchev–Trinajstić information content (AvgIpc) is 3.28. The maximum atomic E-state index is 12.1. The van der Waals surface area contributed by atoms with Crippen LogP contribution in [0.25, 0.3) is 11.4 Å². The standard InChI is InChI=1S/C17H11ClN2O5/c18-12-4-2-1-3-11(12)16-19-15(25-20-16)8-22-17(21)10-5-6-13-14(7-10)24-9-23-13/h1-7H,8-9H2. The van der Waals surface area contributed by atoms with Gasteiger partial charge in [-0.3, -0.25) is 0 Å². The van der Waals surface area contributed by atoms with E-state index in [4.69, 9.17) is 30.3 Å². The van der Waals surface area contributed by atoms with Crippen molar-refractivity contribution < 1.29 is 23.5 Å². The topological polar surface area (TPSA) is 83.7 Å². The summed E-state index contributed by atoms with van der Waals surface area (Å²) < 4.78 is 20.7. The van der Waals surface area contributed by atoms with Crippen LogP contribution in [-0.4, -0.2) is 22.9 Å². The first-order valence-corrected chi connectivity index (χ1v) is 7.73. The maximum absolute atomic E-state index is 12.1. The molecule has 7 nitrogen and oxygen atoms in total. The minimum Gasteiger partial charge on any atom is -0.454 e. The fourth-order valence-electron chi connectivity index (χ4n) is 2.30. The van der Waals surface area contributed by atoms with E-state index in [0.29, 0.717) is 33.5 Å². The number of nitrogens with zero attached hydrogens (tertiary/aromatic N) is 2. The van der Waals surface area contributed by atoms with Gasteiger partial charge in [0.25, 0.3) is 5.89 Å². The Bertz CT molecular complexity index is 940. The highest BCUT2D eigenvalue weighted by atomic mass is 35.5. The highest BCUT2D eigenvalue weighted by Gasteiger charge is 2.18. The van der Waals surface area contributed by atoms with Gasteiger partial charge in [0.1, 0.15) is 0 Å². The summed E-state index contributed by atoms with van der Waals surface area (Å²) in [6.45, 7) is -0.00856. The zero-order valence-electron chi connectivity index (χ0n) is 12.8. The third-order valence-corrected chi connectivity index (χ3v) is 3.85. The Morgan fingerprint density at radius 2 is 2.00 bits per heavy atom. The van der Waals surface area contributed by atoms with Crippen LogP contribution in [0.3, 0.4) is 0 Å². The molecule has 8 heteroatoms. The number of benzene rings is 2. The summed E-state index contributed by atoms with van der Waals surface area (Å²) in [5, 5.41) is 4.35. The van der Waals surface area contributed by atoms with E-state index in [1.54, 1.807) is 36.4 Å². The lowest BCUT2D eigenvalue weighted by atomic mass is 10.2. The fourth-order valence-corrected chi connectivity index (χ4v) is 2.52. The van der Waals surface area contributed by atoms with Gasteiger partial charge in [-0.2, -0.15) is 4.98 Å². The van der Waals surface area contributed by atoms with Gasteiger partial charge in [0.05, 0.1) is 10.6 Å². The molecular formula is C17H11ClN2O5. The Labute approximate surface area is 147 Å². The average molecular weight is 359 g/mol. The minimum absolute atomic E-state index is 0.140. The molecule has 0 N–H and O–H groups in total. The van der Waals surface area contributed by atoms with Crippen LogP contribution in [0.15, 0.2) is 47.0 Å². The lowest BCUT2D eigenvalue weighted by Gasteiger charge is -2.03. The number of rotatable bonds is 4. The van der Waals surface area contributed by atoms with Crippen LogP contribution < -0.4 is 9.47 Å². The molecule has 0 radical (unpaired) electrons. The SMILES string of the molecule is O=C(OCc1nc(-c2ccccc2Cl)no1)c1ccc2c(c1)OCO2. The molecule has 25 heavy (non-hydrogen) atoms. The van der Waals surface area contributed by atoms with Crippen molar-refractivity contribution >= 4 is 17.6 Å². The third-order valence-electron chi connectivity index (χ3n) is 3.52. The van der Waals surface area contributed by atoms with Crippen LogP contribution in [0.2, 0.25) is 5.02 Å². The van der Waals surface area contributed by atoms with Crippen molar-refractivity contribution in [2.45, 2.75) is 6.61 Å². The van der Waals surface area contributed by atoms with Gasteiger partial charge >= 0.3 is 5.97 Å². The summed E-state index contributed by atoms with van der Waals surface area (Å²) in [6, 6.07) is 11.9. The second kappa shape index (κ2) is 6.45. The normalized spacial score (nSPS) is 12.2. The van der Waals surface area contributed by atoms with Crippen molar-refractivity contribution in [1.82, 2.24) is 10.1 Å². The smallest absolute Gasteiger partial charge is 0.338 e. The highest BCUT2D eigenvalue weighted by Crippen LogP contribution is 2.32. The number of aromatic nitrogens is 2. The van der Waals surface area contributed by atoms with Crippen LogP contribution in [0.1, 0.15) is 16.2 Å². The zero-order chi connectivity index (χ0) is 17.2. The molecule has 0 spiro atoms. The summed E-state index contributed by atoms with van der Waals surface area (Å²) in [4.78, 5) is 16.3. The molecule has 0 saturated heterocycles. The molecule has 1 aliphatic rings. The predicted octanol–water partition coefficient (Wildman–Crippen LogP) is 3.48. The molecule has 1 aliphatic heterocycles. The number of carbonyl (C=O) groups excluding carboxylic acids is 1. The second-order valence-corrected chi connectivity index (χ2v) is 5.54. The predicted molar refractivity (Wildman–Crippen MR) is 86.4 cm³/mol. The van der Waals surface area contributed by atoms with Crippen molar-refractivity contribution in [3.05, 3.63) is 58.9 Å². The first-order chi connectivity index (χ1) is 12.2. The van der Waals surface area contributed by atoms with Crippen molar-refractivity contribution in [3.8, 4) is 22.9 Å². The van der Waals surface area contributed by atoms with Gasteiger partial charge in [-0.05, 0) is 30.3 Å². The van der Waals surface area contributed by atoms with Crippen LogP contribution in [-0.2, 0) is 11.3 Å². The highest BCUT2D eigenvalue weighted by molar-refractivity contribution is 6.33. The van der Waals surface area contributed by atoms with Crippen molar-refractivity contribution in [2.24, 2.45) is 0 Å². The molecule has 0 fully saturated rings. The number of halogens is 1. The molecule has 0 amide bonds. The van der Waals surface area contributed by atoms with Gasteiger partial charge in [-0.1, -0.05) is 28.9 Å². The quantitative estimate of drug-likeness (QED) is 0.660. The van der Waals surface area contributed by atoms with Crippen LogP contribution >= 0.6 is 11.6 Å². The number of ether oxygens (including phenoxy) is 3. The molecule has 0 aliphatic carbocycles. The minimum atomic E-state index is -0.532. The van der Waals surface area contributed by atoms with E-state index < -0.39 is 5.97 Å². The largest absolute Gasteiger partial charge is 0.454 e. The van der Waals surface area contributed by atoms with Gasteiger partial charge in [0, 0.05) is 5.56 Å². The maximum Gasteiger partial charge on any atom is 0.338 e. The van der Waals surface area contributed by atoms with Crippen LogP contribution in [0.4, 0.5) is 0 Å². The van der Waals surface area contributed by atoms with Gasteiger partial charge in [0.15, 0.2) is 18.1 Å². The third kappa shape index (κ3) is 3.14. The van der Waals surface area contributed by atoms with Crippen molar-refractivity contribution in [3.63, 3.8) is 0 Å². The van der Waals surface area contributed by atoms with Crippen molar-refractivity contribution in [1.29, 1.82) is 0 Å². The Kier molecular flexibility index (Phi) is 3.99. The zero-order valence-corrected chi connectivity index (χ0v) is 13.5. The number of hydrogen-bond acceptors (Lipinski definition) is 7. The van der Waals surface area contributed by atoms with E-state index in [-0.39, 0.29) is 19.3 Å². The van der Waals surface area contributed by atoms with Gasteiger partial charge in [-0.15, -0.1) is 0 Å². The molecule has 4 rings (SSSR count). The molecular weight excluding hydrogens is 348 g/mol. The Morgan fingerprint density at radius 1 is 1.16 bits per heavy atom. The Morgan fingerprint density at radius 3 is 2.88 bits per heavy atom. The molecule has 126 valence electrons. The number of carbonyl (C=O) groups is 1. The summed E-state index contributed by atoms with van der Waals surface area (Å²) in [5.74, 6) is 1.07. The fraction of sp³-hybridized carbons (Fsp3) is 0.118. The monoisotopic (exact) mass is 358 g/mol. The lowest BCUT2D eigenvalue weighted by molar-refractivity contribution is 0.0429. The van der Waals surface area contributed by atoms with E-state index in [1.807, 2.05) is 6.07 Å². The van der Waals surface area contributed by atoms with Gasteiger partial charge < -0.3 is 18.7 Å². The molecule has 0 saturated carbocycles. The Balaban J connectivity index is 1.43. The van der Waals surface area contributed by atoms with Crippen molar-refractivity contribution in [2.75, 3.05) is 6.79 Å². The van der Waals surface area contributed by atoms with E-state index >= 15 is 0 Å². The first-order valence-electron chi connectivity index (χ1n) is 7.35. The van der Waals surface area contributed by atoms with Gasteiger partial charge in [0.2, 0.25) is 12.6 Å². The lowest BCUT2D eigenvalue weighted by Crippen LogP contribution is -2.05. The van der Waals surface area contributed by atoms with Crippen LogP contribution in [0, 0.1) is 0 Å². The van der Waals surface area contributed by atoms with E-state index in [1.165, 1.54) is 0 Å². The van der Waals surface area contributed by atoms with Crippen LogP contribution in [0.5, 0.6) is 11.5 Å². The number of esters is 1. The molecule has 3 aromatic rings. The number of fused-ring (bicyclic) bond motifs is 1. The second-order valence-electron chi connectivity index (χ2n) is 5.14. The summed E-state index contributed by atoms with van der Waals surface area (Å²) in [6.07, 6.45) is 0. The summed E-state index contributed by atoms with van der Waals surface area (Å²) >= 11 is 6.09. The molecule has 0 atom stereocenters. The summed E-state index contributed by atoms with van der Waals surface area (Å²) in [5.41, 5.74) is 0.983. The molecule has 1 aromatic heterocycles. The van der Waals surface area contributed by atoms with E-state index in [0.717, 1.165) is 0 Å². The van der Waals surface area contributed by atoms with E-state index in [2.05, 4.69) is 10.1 Å². The van der Waals surface area contributed by atoms with E-state index in [9.17, 15) is 4.79 Å². The number of hydrogen-bond donors (Lipinski definition) is 0. The molecule has 2 heterocycles. The van der Waals surface area contributed by atoms with Gasteiger partial charge in [-0.25, -0.2) is 4.79 Å². The molecule has 0 bridgehead atoms. The first kappa shape index (κ1) is 15.5.